The SMILES string of the molecule is CCC(SC)C(=O)Nc1cc(F)ccc1NC(=O)c1ccccn1. The van der Waals surface area contributed by atoms with Crippen molar-refractivity contribution in [2.45, 2.75) is 18.6 Å². The minimum absolute atomic E-state index is 0.219. The minimum Gasteiger partial charge on any atom is -0.323 e. The van der Waals surface area contributed by atoms with Gasteiger partial charge in [0.1, 0.15) is 11.5 Å². The van der Waals surface area contributed by atoms with Crippen molar-refractivity contribution in [1.29, 1.82) is 0 Å². The number of carbonyl (C=O) groups is 2. The summed E-state index contributed by atoms with van der Waals surface area (Å²) in [5, 5.41) is 5.08. The Labute approximate surface area is 144 Å². The van der Waals surface area contributed by atoms with E-state index in [1.165, 1.54) is 36.2 Å². The van der Waals surface area contributed by atoms with Crippen molar-refractivity contribution in [1.82, 2.24) is 4.98 Å². The fraction of sp³-hybridized carbons (Fsp3) is 0.235. The Balaban J connectivity index is 2.21. The maximum atomic E-state index is 13.5. The molecule has 2 rings (SSSR count). The lowest BCUT2D eigenvalue weighted by atomic mass is 10.2. The summed E-state index contributed by atoms with van der Waals surface area (Å²) >= 11 is 1.41. The Hall–Kier alpha value is -2.41. The number of pyridine rings is 1. The van der Waals surface area contributed by atoms with Crippen LogP contribution in [-0.4, -0.2) is 28.3 Å². The highest BCUT2D eigenvalue weighted by atomic mass is 32.2. The molecular formula is C17H18FN3O2S. The van der Waals surface area contributed by atoms with E-state index in [0.29, 0.717) is 12.1 Å². The van der Waals surface area contributed by atoms with Gasteiger partial charge in [0.2, 0.25) is 5.91 Å². The molecule has 0 aliphatic carbocycles. The zero-order valence-corrected chi connectivity index (χ0v) is 14.2. The zero-order chi connectivity index (χ0) is 17.5. The van der Waals surface area contributed by atoms with Gasteiger partial charge in [0.25, 0.3) is 5.91 Å². The first-order valence-electron chi connectivity index (χ1n) is 7.40. The van der Waals surface area contributed by atoms with Gasteiger partial charge in [-0.25, -0.2) is 4.39 Å². The molecule has 5 nitrogen and oxygen atoms in total. The van der Waals surface area contributed by atoms with Gasteiger partial charge in [-0.3, -0.25) is 14.6 Å². The molecule has 1 atom stereocenters. The van der Waals surface area contributed by atoms with Gasteiger partial charge in [0.05, 0.1) is 16.6 Å². The van der Waals surface area contributed by atoms with Crippen molar-refractivity contribution >= 4 is 35.0 Å². The molecule has 0 aliphatic rings. The third-order valence-corrected chi connectivity index (χ3v) is 4.45. The molecular weight excluding hydrogens is 329 g/mol. The van der Waals surface area contributed by atoms with Crippen molar-refractivity contribution in [3.05, 3.63) is 54.1 Å². The normalized spacial score (nSPS) is 11.6. The molecule has 2 N–H and O–H groups in total. The van der Waals surface area contributed by atoms with Crippen molar-refractivity contribution in [2.24, 2.45) is 0 Å². The molecule has 1 aromatic heterocycles. The molecule has 2 aromatic rings. The number of benzene rings is 1. The van der Waals surface area contributed by atoms with Crippen LogP contribution in [0.5, 0.6) is 0 Å². The first kappa shape index (κ1) is 17.9. The first-order valence-corrected chi connectivity index (χ1v) is 8.69. The van der Waals surface area contributed by atoms with Crippen LogP contribution in [0.15, 0.2) is 42.6 Å². The van der Waals surface area contributed by atoms with Crippen LogP contribution in [0.1, 0.15) is 23.8 Å². The summed E-state index contributed by atoms with van der Waals surface area (Å²) in [6.07, 6.45) is 3.99. The second-order valence-electron chi connectivity index (χ2n) is 4.98. The van der Waals surface area contributed by atoms with Crippen LogP contribution in [0, 0.1) is 5.82 Å². The number of carbonyl (C=O) groups excluding carboxylic acids is 2. The van der Waals surface area contributed by atoms with Gasteiger partial charge in [0.15, 0.2) is 0 Å². The van der Waals surface area contributed by atoms with Crippen LogP contribution in [0.3, 0.4) is 0 Å². The summed E-state index contributed by atoms with van der Waals surface area (Å²) in [6.45, 7) is 1.90. The van der Waals surface area contributed by atoms with E-state index in [2.05, 4.69) is 15.6 Å². The third-order valence-electron chi connectivity index (χ3n) is 3.33. The van der Waals surface area contributed by atoms with Gasteiger partial charge < -0.3 is 10.6 Å². The smallest absolute Gasteiger partial charge is 0.274 e. The lowest BCUT2D eigenvalue weighted by Gasteiger charge is -2.16. The highest BCUT2D eigenvalue weighted by Crippen LogP contribution is 2.25. The van der Waals surface area contributed by atoms with Gasteiger partial charge in [-0.05, 0) is 43.0 Å². The molecule has 1 unspecified atom stereocenters. The monoisotopic (exact) mass is 347 g/mol. The lowest BCUT2D eigenvalue weighted by molar-refractivity contribution is -0.115. The maximum absolute atomic E-state index is 13.5. The Bertz CT molecular complexity index is 721. The number of anilines is 2. The molecule has 7 heteroatoms. The summed E-state index contributed by atoms with van der Waals surface area (Å²) in [4.78, 5) is 28.4. The van der Waals surface area contributed by atoms with Gasteiger partial charge in [-0.2, -0.15) is 11.8 Å². The zero-order valence-electron chi connectivity index (χ0n) is 13.4. The van der Waals surface area contributed by atoms with Crippen LogP contribution in [-0.2, 0) is 4.79 Å². The van der Waals surface area contributed by atoms with Crippen LogP contribution in [0.4, 0.5) is 15.8 Å². The number of nitrogens with one attached hydrogen (secondary N) is 2. The highest BCUT2D eigenvalue weighted by molar-refractivity contribution is 7.99. The number of nitrogens with zero attached hydrogens (tertiary/aromatic N) is 1. The van der Waals surface area contributed by atoms with Crippen molar-refractivity contribution in [3.8, 4) is 0 Å². The number of hydrogen-bond donors (Lipinski definition) is 2. The highest BCUT2D eigenvalue weighted by Gasteiger charge is 2.18. The fourth-order valence-corrected chi connectivity index (χ4v) is 2.69. The summed E-state index contributed by atoms with van der Waals surface area (Å²) in [5.74, 6) is -1.17. The van der Waals surface area contributed by atoms with Gasteiger partial charge in [0, 0.05) is 6.20 Å². The van der Waals surface area contributed by atoms with Gasteiger partial charge in [-0.1, -0.05) is 13.0 Å². The standard InChI is InChI=1S/C17H18FN3O2S/c1-3-15(24-2)17(23)21-14-10-11(18)7-8-12(14)20-16(22)13-6-4-5-9-19-13/h4-10,15H,3H2,1-2H3,(H,20,22)(H,21,23). The molecule has 0 aliphatic heterocycles. The molecule has 0 spiro atoms. The van der Waals surface area contributed by atoms with E-state index in [1.807, 2.05) is 13.2 Å². The molecule has 1 heterocycles. The quantitative estimate of drug-likeness (QED) is 0.838. The largest absolute Gasteiger partial charge is 0.323 e. The second kappa shape index (κ2) is 8.44. The Morgan fingerprint density at radius 3 is 2.62 bits per heavy atom. The number of amides is 2. The van der Waals surface area contributed by atoms with Crippen molar-refractivity contribution < 1.29 is 14.0 Å². The minimum atomic E-state index is -0.502. The number of rotatable bonds is 6. The molecule has 0 radical (unpaired) electrons. The number of hydrogen-bond acceptors (Lipinski definition) is 4. The molecule has 0 bridgehead atoms. The van der Waals surface area contributed by atoms with E-state index in [-0.39, 0.29) is 22.5 Å². The maximum Gasteiger partial charge on any atom is 0.274 e. The summed E-state index contributed by atoms with van der Waals surface area (Å²) in [5.41, 5.74) is 0.766. The van der Waals surface area contributed by atoms with Crippen LogP contribution >= 0.6 is 11.8 Å². The molecule has 0 fully saturated rings. The first-order chi connectivity index (χ1) is 11.5. The fourth-order valence-electron chi connectivity index (χ4n) is 2.08. The molecule has 1 aromatic carbocycles. The topological polar surface area (TPSA) is 71.1 Å². The van der Waals surface area contributed by atoms with Crippen LogP contribution in [0.2, 0.25) is 0 Å². The molecule has 0 saturated carbocycles. The number of halogens is 1. The average molecular weight is 347 g/mol. The van der Waals surface area contributed by atoms with Gasteiger partial charge in [-0.15, -0.1) is 0 Å². The molecule has 126 valence electrons. The molecule has 0 saturated heterocycles. The van der Waals surface area contributed by atoms with E-state index in [4.69, 9.17) is 0 Å². The predicted octanol–water partition coefficient (Wildman–Crippen LogP) is 3.55. The van der Waals surface area contributed by atoms with E-state index in [9.17, 15) is 14.0 Å². The van der Waals surface area contributed by atoms with E-state index >= 15 is 0 Å². The Morgan fingerprint density at radius 1 is 1.21 bits per heavy atom. The van der Waals surface area contributed by atoms with Gasteiger partial charge >= 0.3 is 0 Å². The molecule has 2 amide bonds. The van der Waals surface area contributed by atoms with E-state index < -0.39 is 11.7 Å². The lowest BCUT2D eigenvalue weighted by Crippen LogP contribution is -2.25. The van der Waals surface area contributed by atoms with E-state index in [0.717, 1.165) is 0 Å². The third kappa shape index (κ3) is 4.55. The van der Waals surface area contributed by atoms with Crippen molar-refractivity contribution in [3.63, 3.8) is 0 Å². The van der Waals surface area contributed by atoms with Crippen LogP contribution < -0.4 is 10.6 Å². The number of thioether (sulfide) groups is 1. The van der Waals surface area contributed by atoms with Crippen molar-refractivity contribution in [2.75, 3.05) is 16.9 Å². The molecule has 24 heavy (non-hydrogen) atoms. The Morgan fingerprint density at radius 2 is 2.00 bits per heavy atom. The van der Waals surface area contributed by atoms with E-state index in [1.54, 1.807) is 18.2 Å². The summed E-state index contributed by atoms with van der Waals surface area (Å²) < 4.78 is 13.5. The summed E-state index contributed by atoms with van der Waals surface area (Å²) in [7, 11) is 0. The predicted molar refractivity (Wildman–Crippen MR) is 94.8 cm³/mol. The summed E-state index contributed by atoms with van der Waals surface area (Å²) in [6, 6.07) is 8.77. The average Bonchev–Trinajstić information content (AvgIpc) is 2.59. The second-order valence-corrected chi connectivity index (χ2v) is 6.02. The number of aromatic nitrogens is 1. The Kier molecular flexibility index (Phi) is 6.31. The van der Waals surface area contributed by atoms with Crippen LogP contribution in [0.25, 0.3) is 0 Å².